The maximum absolute atomic E-state index is 11.4. The largest absolute Gasteiger partial charge is 0.424 e. The number of rotatable bonds is 5. The minimum absolute atomic E-state index is 0.00343. The summed E-state index contributed by atoms with van der Waals surface area (Å²) in [6.07, 6.45) is 1.14. The van der Waals surface area contributed by atoms with Gasteiger partial charge in [-0.3, -0.25) is 0 Å². The zero-order chi connectivity index (χ0) is 15.5. The number of hydrogen-bond donors (Lipinski definition) is 1. The molecule has 0 spiro atoms. The Kier molecular flexibility index (Phi) is 4.59. The van der Waals surface area contributed by atoms with Crippen molar-refractivity contribution in [3.8, 4) is 11.8 Å². The van der Waals surface area contributed by atoms with Gasteiger partial charge in [0.1, 0.15) is 5.75 Å². The van der Waals surface area contributed by atoms with Gasteiger partial charge in [0.15, 0.2) is 9.84 Å². The first-order chi connectivity index (χ1) is 9.88. The second-order valence-electron chi connectivity index (χ2n) is 4.09. The first kappa shape index (κ1) is 15.5. The van der Waals surface area contributed by atoms with Crippen molar-refractivity contribution in [2.24, 2.45) is 0 Å². The molecule has 0 aliphatic carbocycles. The predicted octanol–water partition coefficient (Wildman–Crippen LogP) is 2.15. The molecular weight excluding hydrogens is 316 g/mol. The normalized spacial score (nSPS) is 11.2. The van der Waals surface area contributed by atoms with E-state index in [0.29, 0.717) is 18.2 Å². The van der Waals surface area contributed by atoms with Gasteiger partial charge in [-0.15, -0.1) is 0 Å². The minimum atomic E-state index is -3.24. The van der Waals surface area contributed by atoms with E-state index < -0.39 is 9.84 Å². The highest BCUT2D eigenvalue weighted by Gasteiger charge is 2.09. The van der Waals surface area contributed by atoms with Crippen LogP contribution in [-0.2, 0) is 9.84 Å². The molecule has 0 bridgehead atoms. The lowest BCUT2D eigenvalue weighted by Gasteiger charge is -2.06. The van der Waals surface area contributed by atoms with Crippen LogP contribution in [0, 0.1) is 0 Å². The second-order valence-corrected chi connectivity index (χ2v) is 6.44. The highest BCUT2D eigenvalue weighted by molar-refractivity contribution is 7.90. The van der Waals surface area contributed by atoms with Crippen molar-refractivity contribution in [2.45, 2.75) is 11.8 Å². The minimum Gasteiger partial charge on any atom is -0.424 e. The summed E-state index contributed by atoms with van der Waals surface area (Å²) in [6, 6.07) is 5.94. The van der Waals surface area contributed by atoms with E-state index in [-0.39, 0.29) is 16.2 Å². The summed E-state index contributed by atoms with van der Waals surface area (Å²) in [4.78, 5) is 12.0. The van der Waals surface area contributed by atoms with Gasteiger partial charge in [-0.25, -0.2) is 8.42 Å². The number of ether oxygens (including phenoxy) is 1. The highest BCUT2D eigenvalue weighted by Crippen LogP contribution is 2.21. The average Bonchev–Trinajstić information content (AvgIpc) is 2.38. The van der Waals surface area contributed by atoms with Crippen LogP contribution in [0.1, 0.15) is 6.92 Å². The number of nitrogens with zero attached hydrogens (tertiary/aromatic N) is 3. The lowest BCUT2D eigenvalue weighted by atomic mass is 10.3. The Morgan fingerprint density at radius 1 is 1.19 bits per heavy atom. The summed E-state index contributed by atoms with van der Waals surface area (Å²) < 4.78 is 28.2. The first-order valence-corrected chi connectivity index (χ1v) is 8.29. The third kappa shape index (κ3) is 4.27. The molecule has 21 heavy (non-hydrogen) atoms. The highest BCUT2D eigenvalue weighted by atomic mass is 35.5. The van der Waals surface area contributed by atoms with Gasteiger partial charge >= 0.3 is 6.01 Å². The van der Waals surface area contributed by atoms with E-state index in [1.54, 1.807) is 0 Å². The van der Waals surface area contributed by atoms with E-state index in [9.17, 15) is 8.42 Å². The fourth-order valence-electron chi connectivity index (χ4n) is 1.48. The van der Waals surface area contributed by atoms with Gasteiger partial charge in [-0.1, -0.05) is 0 Å². The topological polar surface area (TPSA) is 94.1 Å². The van der Waals surface area contributed by atoms with Gasteiger partial charge in [0, 0.05) is 12.8 Å². The Balaban J connectivity index is 2.22. The Hall–Kier alpha value is -1.93. The number of sulfone groups is 1. The van der Waals surface area contributed by atoms with Crippen molar-refractivity contribution in [1.29, 1.82) is 0 Å². The fraction of sp³-hybridized carbons (Fsp3) is 0.250. The van der Waals surface area contributed by atoms with Gasteiger partial charge in [0.05, 0.1) is 4.90 Å². The number of aromatic nitrogens is 3. The van der Waals surface area contributed by atoms with Crippen molar-refractivity contribution in [2.75, 3.05) is 18.1 Å². The molecule has 0 radical (unpaired) electrons. The van der Waals surface area contributed by atoms with Crippen molar-refractivity contribution in [1.82, 2.24) is 15.0 Å². The fourth-order valence-corrected chi connectivity index (χ4v) is 2.26. The van der Waals surface area contributed by atoms with Crippen LogP contribution in [0.5, 0.6) is 11.8 Å². The van der Waals surface area contributed by atoms with E-state index in [1.165, 1.54) is 24.3 Å². The molecule has 0 fully saturated rings. The van der Waals surface area contributed by atoms with E-state index in [0.717, 1.165) is 6.26 Å². The van der Waals surface area contributed by atoms with E-state index >= 15 is 0 Å². The van der Waals surface area contributed by atoms with Crippen molar-refractivity contribution >= 4 is 27.4 Å². The summed E-state index contributed by atoms with van der Waals surface area (Å²) in [5.41, 5.74) is 0. The summed E-state index contributed by atoms with van der Waals surface area (Å²) in [7, 11) is -3.24. The second kappa shape index (κ2) is 6.23. The maximum atomic E-state index is 11.4. The molecule has 0 aliphatic heterocycles. The molecule has 1 aromatic carbocycles. The molecule has 2 aromatic rings. The molecule has 0 atom stereocenters. The summed E-state index contributed by atoms with van der Waals surface area (Å²) >= 11 is 5.78. The monoisotopic (exact) mass is 328 g/mol. The molecule has 2 rings (SSSR count). The van der Waals surface area contributed by atoms with Crippen LogP contribution in [0.25, 0.3) is 0 Å². The molecule has 9 heteroatoms. The van der Waals surface area contributed by atoms with Crippen LogP contribution in [0.2, 0.25) is 5.28 Å². The number of benzene rings is 1. The Labute approximate surface area is 127 Å². The number of halogens is 1. The Bertz CT molecular complexity index is 735. The van der Waals surface area contributed by atoms with E-state index in [1.807, 2.05) is 6.92 Å². The van der Waals surface area contributed by atoms with E-state index in [2.05, 4.69) is 20.3 Å². The van der Waals surface area contributed by atoms with Gasteiger partial charge in [0.25, 0.3) is 0 Å². The quantitative estimate of drug-likeness (QED) is 0.898. The van der Waals surface area contributed by atoms with Crippen molar-refractivity contribution < 1.29 is 13.2 Å². The summed E-state index contributed by atoms with van der Waals surface area (Å²) in [6.45, 7) is 2.52. The SMILES string of the molecule is CCNc1nc(Cl)nc(Oc2ccc(S(C)(=O)=O)cc2)n1. The molecule has 112 valence electrons. The molecule has 0 unspecified atom stereocenters. The standard InChI is InChI=1S/C12H13ClN4O3S/c1-3-14-11-15-10(13)16-12(17-11)20-8-4-6-9(7-5-8)21(2,18)19/h4-7H,3H2,1-2H3,(H,14,15,16,17). The zero-order valence-electron chi connectivity index (χ0n) is 11.4. The van der Waals surface area contributed by atoms with E-state index in [4.69, 9.17) is 16.3 Å². The first-order valence-electron chi connectivity index (χ1n) is 6.02. The smallest absolute Gasteiger partial charge is 0.328 e. The van der Waals surface area contributed by atoms with Gasteiger partial charge < -0.3 is 10.1 Å². The predicted molar refractivity (Wildman–Crippen MR) is 78.6 cm³/mol. The zero-order valence-corrected chi connectivity index (χ0v) is 12.9. The van der Waals surface area contributed by atoms with Crippen LogP contribution in [-0.4, -0.2) is 36.2 Å². The molecule has 0 aliphatic rings. The van der Waals surface area contributed by atoms with Crippen LogP contribution in [0.4, 0.5) is 5.95 Å². The van der Waals surface area contributed by atoms with Gasteiger partial charge in [0.2, 0.25) is 11.2 Å². The molecule has 0 amide bonds. The van der Waals surface area contributed by atoms with Crippen LogP contribution in [0.15, 0.2) is 29.2 Å². The molecule has 1 N–H and O–H groups in total. The van der Waals surface area contributed by atoms with Crippen LogP contribution < -0.4 is 10.1 Å². The number of nitrogens with one attached hydrogen (secondary N) is 1. The molecule has 1 aromatic heterocycles. The number of hydrogen-bond acceptors (Lipinski definition) is 7. The summed E-state index contributed by atoms with van der Waals surface area (Å²) in [5, 5.41) is 2.90. The lowest BCUT2D eigenvalue weighted by molar-refractivity contribution is 0.440. The van der Waals surface area contributed by atoms with Gasteiger partial charge in [-0.2, -0.15) is 15.0 Å². The molecule has 1 heterocycles. The average molecular weight is 329 g/mol. The Morgan fingerprint density at radius 2 is 1.86 bits per heavy atom. The third-order valence-corrected chi connectivity index (χ3v) is 3.68. The van der Waals surface area contributed by atoms with Crippen LogP contribution in [0.3, 0.4) is 0 Å². The summed E-state index contributed by atoms with van der Waals surface area (Å²) in [5.74, 6) is 0.701. The molecular formula is C12H13ClN4O3S. The molecule has 7 nitrogen and oxygen atoms in total. The molecule has 0 saturated carbocycles. The lowest BCUT2D eigenvalue weighted by Crippen LogP contribution is -2.04. The third-order valence-electron chi connectivity index (χ3n) is 2.38. The van der Waals surface area contributed by atoms with Crippen LogP contribution >= 0.6 is 11.6 Å². The van der Waals surface area contributed by atoms with Gasteiger partial charge in [-0.05, 0) is 42.8 Å². The maximum Gasteiger partial charge on any atom is 0.328 e. The molecule has 0 saturated heterocycles. The number of anilines is 1. The Morgan fingerprint density at radius 3 is 2.43 bits per heavy atom. The van der Waals surface area contributed by atoms with Crippen molar-refractivity contribution in [3.05, 3.63) is 29.5 Å². The van der Waals surface area contributed by atoms with Crippen molar-refractivity contribution in [3.63, 3.8) is 0 Å².